The molecule has 0 bridgehead atoms. The van der Waals surface area contributed by atoms with Crippen LogP contribution >= 0.6 is 0 Å². The highest BCUT2D eigenvalue weighted by atomic mass is 19.3. The van der Waals surface area contributed by atoms with Crippen molar-refractivity contribution in [1.82, 2.24) is 19.9 Å². The first-order chi connectivity index (χ1) is 15.3. The number of nitrogens with one attached hydrogen (secondary N) is 3. The number of nitrogens with zero attached hydrogens (tertiary/aromatic N) is 4. The number of carbonyl (C=O) groups excluding carboxylic acids is 1. The summed E-state index contributed by atoms with van der Waals surface area (Å²) in [5.74, 6) is -1.94. The number of hydrogen-bond donors (Lipinski definition) is 3. The van der Waals surface area contributed by atoms with E-state index in [4.69, 9.17) is 4.74 Å². The van der Waals surface area contributed by atoms with Gasteiger partial charge in [0.25, 0.3) is 11.8 Å². The number of benzene rings is 1. The number of fused-ring (bicyclic) bond motifs is 1. The van der Waals surface area contributed by atoms with Crippen LogP contribution in [0.15, 0.2) is 24.4 Å². The van der Waals surface area contributed by atoms with Crippen LogP contribution in [0.4, 0.5) is 26.2 Å². The van der Waals surface area contributed by atoms with Crippen molar-refractivity contribution >= 4 is 34.4 Å². The zero-order valence-electron chi connectivity index (χ0n) is 17.5. The molecule has 32 heavy (non-hydrogen) atoms. The lowest BCUT2D eigenvalue weighted by molar-refractivity contribution is -0.0494. The maximum absolute atomic E-state index is 13.4. The summed E-state index contributed by atoms with van der Waals surface area (Å²) in [6.07, 6.45) is 0.881. The first-order valence-corrected chi connectivity index (χ1v) is 9.94. The molecular weight excluding hydrogens is 420 g/mol. The molecule has 0 radical (unpaired) electrons. The lowest BCUT2D eigenvalue weighted by Crippen LogP contribution is -2.42. The maximum atomic E-state index is 13.4. The van der Waals surface area contributed by atoms with Crippen molar-refractivity contribution in [3.05, 3.63) is 35.5 Å². The van der Waals surface area contributed by atoms with Gasteiger partial charge in [-0.2, -0.15) is 15.2 Å². The normalized spacial score (nSPS) is 15.3. The Morgan fingerprint density at radius 2 is 2.06 bits per heavy atom. The molecule has 0 atom stereocenters. The van der Waals surface area contributed by atoms with Crippen molar-refractivity contribution < 1.29 is 18.3 Å². The first-order valence-electron chi connectivity index (χ1n) is 9.94. The average Bonchev–Trinajstić information content (AvgIpc) is 3.21. The first kappa shape index (κ1) is 21.3. The van der Waals surface area contributed by atoms with Crippen LogP contribution in [0.25, 0.3) is 11.0 Å². The standard InChI is InChI=1S/C21H21F2N7O2/c1-25-17-16-13(10-24)11-26-18(16)29-20(28-17)27-14-4-3-12(9-15(14)32-2)19(31)30-7-5-21(22,23)6-8-30/h3-4,9,11H,5-8H2,1-2H3,(H3,25,26,27,28,29). The minimum atomic E-state index is -2.72. The van der Waals surface area contributed by atoms with Crippen LogP contribution in [0.5, 0.6) is 5.75 Å². The van der Waals surface area contributed by atoms with Crippen LogP contribution in [-0.4, -0.2) is 58.9 Å². The second-order valence-corrected chi connectivity index (χ2v) is 7.37. The molecule has 1 fully saturated rings. The maximum Gasteiger partial charge on any atom is 0.253 e. The number of likely N-dealkylation sites (tertiary alicyclic amines) is 1. The van der Waals surface area contributed by atoms with Crippen molar-refractivity contribution in [2.45, 2.75) is 18.8 Å². The summed E-state index contributed by atoms with van der Waals surface area (Å²) >= 11 is 0. The van der Waals surface area contributed by atoms with Gasteiger partial charge in [0.2, 0.25) is 5.95 Å². The molecule has 2 aromatic heterocycles. The molecule has 166 valence electrons. The van der Waals surface area contributed by atoms with Gasteiger partial charge in [-0.05, 0) is 18.2 Å². The number of aromatic nitrogens is 3. The molecule has 1 saturated heterocycles. The number of piperidine rings is 1. The Hall–Kier alpha value is -3.94. The van der Waals surface area contributed by atoms with Gasteiger partial charge in [0.05, 0.1) is 23.7 Å². The molecule has 0 spiro atoms. The van der Waals surface area contributed by atoms with E-state index < -0.39 is 5.92 Å². The average molecular weight is 441 g/mol. The van der Waals surface area contributed by atoms with Gasteiger partial charge >= 0.3 is 0 Å². The minimum absolute atomic E-state index is 0.00955. The van der Waals surface area contributed by atoms with Crippen molar-refractivity contribution in [1.29, 1.82) is 5.26 Å². The summed E-state index contributed by atoms with van der Waals surface area (Å²) in [5, 5.41) is 15.9. The number of methoxy groups -OCH3 is 1. The number of aromatic amines is 1. The van der Waals surface area contributed by atoms with Crippen LogP contribution in [0.2, 0.25) is 0 Å². The fourth-order valence-electron chi connectivity index (χ4n) is 3.63. The second-order valence-electron chi connectivity index (χ2n) is 7.37. The molecule has 3 N–H and O–H groups in total. The third-order valence-electron chi connectivity index (χ3n) is 5.37. The predicted molar refractivity (Wildman–Crippen MR) is 115 cm³/mol. The van der Waals surface area contributed by atoms with Gasteiger partial charge in [-0.3, -0.25) is 4.79 Å². The third-order valence-corrected chi connectivity index (χ3v) is 5.37. The molecule has 1 aliphatic heterocycles. The minimum Gasteiger partial charge on any atom is -0.495 e. The monoisotopic (exact) mass is 441 g/mol. The van der Waals surface area contributed by atoms with Crippen LogP contribution in [0.3, 0.4) is 0 Å². The van der Waals surface area contributed by atoms with E-state index in [1.165, 1.54) is 12.0 Å². The molecule has 1 amide bonds. The van der Waals surface area contributed by atoms with E-state index in [-0.39, 0.29) is 37.8 Å². The number of hydrogen-bond acceptors (Lipinski definition) is 7. The van der Waals surface area contributed by atoms with E-state index in [1.54, 1.807) is 31.4 Å². The number of H-pyrrole nitrogens is 1. The molecule has 0 saturated carbocycles. The summed E-state index contributed by atoms with van der Waals surface area (Å²) in [6.45, 7) is 0.0191. The van der Waals surface area contributed by atoms with Crippen molar-refractivity contribution in [2.75, 3.05) is 37.9 Å². The Balaban J connectivity index is 1.59. The Bertz CT molecular complexity index is 1210. The largest absolute Gasteiger partial charge is 0.495 e. The van der Waals surface area contributed by atoms with E-state index in [0.717, 1.165) is 0 Å². The zero-order valence-corrected chi connectivity index (χ0v) is 17.5. The van der Waals surface area contributed by atoms with Gasteiger partial charge in [-0.15, -0.1) is 0 Å². The number of ether oxygens (including phenoxy) is 1. The number of anilines is 3. The molecule has 11 heteroatoms. The molecule has 0 aliphatic carbocycles. The predicted octanol–water partition coefficient (Wildman–Crippen LogP) is 3.49. The number of rotatable bonds is 5. The summed E-state index contributed by atoms with van der Waals surface area (Å²) < 4.78 is 32.2. The summed E-state index contributed by atoms with van der Waals surface area (Å²) in [7, 11) is 3.15. The summed E-state index contributed by atoms with van der Waals surface area (Å²) in [6, 6.07) is 6.89. The number of halogens is 2. The molecule has 1 aromatic carbocycles. The highest BCUT2D eigenvalue weighted by molar-refractivity contribution is 5.96. The summed E-state index contributed by atoms with van der Waals surface area (Å²) in [4.78, 5) is 25.9. The fourth-order valence-corrected chi connectivity index (χ4v) is 3.63. The van der Waals surface area contributed by atoms with E-state index in [0.29, 0.717) is 39.4 Å². The van der Waals surface area contributed by atoms with Crippen LogP contribution in [0.1, 0.15) is 28.8 Å². The topological polar surface area (TPSA) is 119 Å². The number of amides is 1. The van der Waals surface area contributed by atoms with Gasteiger partial charge in [-0.1, -0.05) is 0 Å². The molecule has 3 heterocycles. The van der Waals surface area contributed by atoms with E-state index in [2.05, 4.69) is 31.7 Å². The van der Waals surface area contributed by atoms with Gasteiger partial charge in [0.15, 0.2) is 0 Å². The molecule has 0 unspecified atom stereocenters. The number of alkyl halides is 2. The van der Waals surface area contributed by atoms with Crippen molar-refractivity contribution in [3.63, 3.8) is 0 Å². The number of carbonyl (C=O) groups is 1. The van der Waals surface area contributed by atoms with Gasteiger partial charge < -0.3 is 25.3 Å². The van der Waals surface area contributed by atoms with E-state index >= 15 is 0 Å². The highest BCUT2D eigenvalue weighted by Gasteiger charge is 2.35. The Morgan fingerprint density at radius 3 is 2.72 bits per heavy atom. The summed E-state index contributed by atoms with van der Waals surface area (Å²) in [5.41, 5.74) is 1.76. The fraction of sp³-hybridized carbons (Fsp3) is 0.333. The molecule has 3 aromatic rings. The molecule has 4 rings (SSSR count). The van der Waals surface area contributed by atoms with Gasteiger partial charge in [0, 0.05) is 44.7 Å². The van der Waals surface area contributed by atoms with Gasteiger partial charge in [0.1, 0.15) is 23.3 Å². The van der Waals surface area contributed by atoms with Crippen LogP contribution < -0.4 is 15.4 Å². The second kappa shape index (κ2) is 8.30. The number of nitriles is 1. The van der Waals surface area contributed by atoms with Crippen LogP contribution in [0, 0.1) is 11.3 Å². The lowest BCUT2D eigenvalue weighted by atomic mass is 10.1. The van der Waals surface area contributed by atoms with E-state index in [9.17, 15) is 18.8 Å². The quantitative estimate of drug-likeness (QED) is 0.554. The van der Waals surface area contributed by atoms with Gasteiger partial charge in [-0.25, -0.2) is 8.78 Å². The Labute approximate surface area is 182 Å². The molecule has 9 nitrogen and oxygen atoms in total. The Kier molecular flexibility index (Phi) is 5.52. The SMILES string of the molecule is CNc1nc(Nc2ccc(C(=O)N3CCC(F)(F)CC3)cc2OC)nc2[nH]cc(C#N)c12. The Morgan fingerprint density at radius 1 is 1.31 bits per heavy atom. The van der Waals surface area contributed by atoms with Crippen molar-refractivity contribution in [2.24, 2.45) is 0 Å². The van der Waals surface area contributed by atoms with Crippen LogP contribution in [-0.2, 0) is 0 Å². The molecular formula is C21H21F2N7O2. The zero-order chi connectivity index (χ0) is 22.9. The molecule has 1 aliphatic rings. The third kappa shape index (κ3) is 3.99. The van der Waals surface area contributed by atoms with Crippen molar-refractivity contribution in [3.8, 4) is 11.8 Å². The lowest BCUT2D eigenvalue weighted by Gasteiger charge is -2.31. The smallest absolute Gasteiger partial charge is 0.253 e. The van der Waals surface area contributed by atoms with E-state index in [1.807, 2.05) is 0 Å². The highest BCUT2D eigenvalue weighted by Crippen LogP contribution is 2.32.